The second-order valence-electron chi connectivity index (χ2n) is 6.98. The van der Waals surface area contributed by atoms with Crippen LogP contribution >= 0.6 is 0 Å². The van der Waals surface area contributed by atoms with Crippen molar-refractivity contribution in [1.82, 2.24) is 4.90 Å². The normalized spacial score (nSPS) is 14.9. The molecule has 1 amide bonds. The van der Waals surface area contributed by atoms with Gasteiger partial charge in [0.05, 0.1) is 17.3 Å². The fourth-order valence-corrected chi connectivity index (χ4v) is 2.78. The Bertz CT molecular complexity index is 736. The standard InChI is InChI=1S/C18H28N2O5S/c1-13(15-8-10-16(11-9-15)26(7,22)23)24-14(2)20(12-19-6)17(21)25-18(3,4)5/h8-14H,1-7H3/b19-12-. The molecule has 1 aromatic rings. The monoisotopic (exact) mass is 384 g/mol. The van der Waals surface area contributed by atoms with E-state index in [9.17, 15) is 13.2 Å². The first-order valence-electron chi connectivity index (χ1n) is 8.24. The van der Waals surface area contributed by atoms with Gasteiger partial charge in [-0.15, -0.1) is 0 Å². The van der Waals surface area contributed by atoms with Gasteiger partial charge in [-0.1, -0.05) is 12.1 Å². The van der Waals surface area contributed by atoms with Crippen molar-refractivity contribution in [3.8, 4) is 0 Å². The number of rotatable bonds is 6. The van der Waals surface area contributed by atoms with E-state index in [2.05, 4.69) is 4.99 Å². The highest BCUT2D eigenvalue weighted by atomic mass is 32.2. The third-order valence-corrected chi connectivity index (χ3v) is 4.54. The second-order valence-corrected chi connectivity index (χ2v) is 9.00. The molecule has 0 aliphatic rings. The van der Waals surface area contributed by atoms with Crippen LogP contribution in [0.25, 0.3) is 0 Å². The van der Waals surface area contributed by atoms with Gasteiger partial charge in [-0.25, -0.2) is 18.1 Å². The first-order valence-corrected chi connectivity index (χ1v) is 10.1. The Morgan fingerprint density at radius 3 is 2.15 bits per heavy atom. The topological polar surface area (TPSA) is 85.3 Å². The number of aliphatic imine (C=N–C) groups is 1. The maximum Gasteiger partial charge on any atom is 0.417 e. The van der Waals surface area contributed by atoms with Crippen LogP contribution < -0.4 is 0 Å². The Hall–Kier alpha value is -1.93. The molecule has 0 heterocycles. The molecule has 146 valence electrons. The fourth-order valence-electron chi connectivity index (χ4n) is 2.15. The summed E-state index contributed by atoms with van der Waals surface area (Å²) in [6.07, 6.45) is 0.965. The van der Waals surface area contributed by atoms with E-state index >= 15 is 0 Å². The minimum absolute atomic E-state index is 0.245. The Labute approximate surface area is 155 Å². The average molecular weight is 384 g/mol. The van der Waals surface area contributed by atoms with Crippen LogP contribution in [0.15, 0.2) is 34.2 Å². The molecule has 0 saturated heterocycles. The molecule has 0 radical (unpaired) electrons. The summed E-state index contributed by atoms with van der Waals surface area (Å²) >= 11 is 0. The zero-order valence-corrected chi connectivity index (χ0v) is 17.2. The number of sulfone groups is 1. The van der Waals surface area contributed by atoms with Crippen molar-refractivity contribution >= 4 is 22.3 Å². The number of amides is 1. The van der Waals surface area contributed by atoms with Crippen molar-refractivity contribution in [2.75, 3.05) is 13.3 Å². The lowest BCUT2D eigenvalue weighted by atomic mass is 10.1. The van der Waals surface area contributed by atoms with E-state index in [-0.39, 0.29) is 11.0 Å². The van der Waals surface area contributed by atoms with E-state index < -0.39 is 27.8 Å². The Balaban J connectivity index is 2.88. The largest absolute Gasteiger partial charge is 0.443 e. The summed E-state index contributed by atoms with van der Waals surface area (Å²) in [4.78, 5) is 17.7. The molecule has 0 saturated carbocycles. The quantitative estimate of drug-likeness (QED) is 0.426. The van der Waals surface area contributed by atoms with Crippen LogP contribution in [0.2, 0.25) is 0 Å². The van der Waals surface area contributed by atoms with Crippen LogP contribution in [-0.4, -0.2) is 50.9 Å². The minimum atomic E-state index is -3.25. The number of hydrogen-bond donors (Lipinski definition) is 0. The van der Waals surface area contributed by atoms with Crippen LogP contribution in [0, 0.1) is 0 Å². The number of carbonyl (C=O) groups excluding carboxylic acids is 1. The number of nitrogens with zero attached hydrogens (tertiary/aromatic N) is 2. The number of hydrogen-bond acceptors (Lipinski definition) is 6. The lowest BCUT2D eigenvalue weighted by Crippen LogP contribution is -2.42. The van der Waals surface area contributed by atoms with Crippen molar-refractivity contribution < 1.29 is 22.7 Å². The third-order valence-electron chi connectivity index (χ3n) is 3.41. The van der Waals surface area contributed by atoms with E-state index in [1.54, 1.807) is 46.9 Å². The Morgan fingerprint density at radius 1 is 1.19 bits per heavy atom. The van der Waals surface area contributed by atoms with E-state index in [0.29, 0.717) is 0 Å². The average Bonchev–Trinajstić information content (AvgIpc) is 2.49. The molecule has 0 fully saturated rings. The van der Waals surface area contributed by atoms with Crippen LogP contribution in [0.3, 0.4) is 0 Å². The highest BCUT2D eigenvalue weighted by Crippen LogP contribution is 2.22. The van der Waals surface area contributed by atoms with Crippen LogP contribution in [0.4, 0.5) is 4.79 Å². The molecule has 7 nitrogen and oxygen atoms in total. The zero-order valence-electron chi connectivity index (χ0n) is 16.4. The third kappa shape index (κ3) is 6.76. The van der Waals surface area contributed by atoms with E-state index in [0.717, 1.165) is 11.8 Å². The van der Waals surface area contributed by atoms with Gasteiger partial charge in [0.15, 0.2) is 9.84 Å². The van der Waals surface area contributed by atoms with Crippen molar-refractivity contribution in [2.24, 2.45) is 4.99 Å². The van der Waals surface area contributed by atoms with Gasteiger partial charge in [0.25, 0.3) is 0 Å². The van der Waals surface area contributed by atoms with E-state index in [1.165, 1.54) is 23.4 Å². The fraction of sp³-hybridized carbons (Fsp3) is 0.556. The molecular formula is C18H28N2O5S. The molecular weight excluding hydrogens is 356 g/mol. The molecule has 0 bridgehead atoms. The highest BCUT2D eigenvalue weighted by molar-refractivity contribution is 7.90. The molecule has 0 aliphatic heterocycles. The number of carbonyl (C=O) groups is 1. The van der Waals surface area contributed by atoms with Gasteiger partial charge in [0.2, 0.25) is 0 Å². The van der Waals surface area contributed by atoms with Crippen LogP contribution in [0.5, 0.6) is 0 Å². The van der Waals surface area contributed by atoms with Crippen molar-refractivity contribution in [3.05, 3.63) is 29.8 Å². The molecule has 0 aliphatic carbocycles. The van der Waals surface area contributed by atoms with Crippen LogP contribution in [-0.2, 0) is 19.3 Å². The maximum atomic E-state index is 12.3. The molecule has 2 atom stereocenters. The predicted octanol–water partition coefficient (Wildman–Crippen LogP) is 3.41. The maximum absolute atomic E-state index is 12.3. The minimum Gasteiger partial charge on any atom is -0.443 e. The van der Waals surface area contributed by atoms with Gasteiger partial charge < -0.3 is 9.47 Å². The lowest BCUT2D eigenvalue weighted by molar-refractivity contribution is -0.0613. The molecule has 1 rings (SSSR count). The van der Waals surface area contributed by atoms with Gasteiger partial charge in [-0.2, -0.15) is 0 Å². The summed E-state index contributed by atoms with van der Waals surface area (Å²) < 4.78 is 34.3. The predicted molar refractivity (Wildman–Crippen MR) is 101 cm³/mol. The smallest absolute Gasteiger partial charge is 0.417 e. The van der Waals surface area contributed by atoms with Gasteiger partial charge in [0, 0.05) is 13.3 Å². The summed E-state index contributed by atoms with van der Waals surface area (Å²) in [7, 11) is -1.69. The van der Waals surface area contributed by atoms with Crippen molar-refractivity contribution in [1.29, 1.82) is 0 Å². The summed E-state index contributed by atoms with van der Waals surface area (Å²) in [6, 6.07) is 6.46. The zero-order chi connectivity index (χ0) is 20.1. The second kappa shape index (κ2) is 8.64. The van der Waals surface area contributed by atoms with E-state index in [1.807, 2.05) is 6.92 Å². The van der Waals surface area contributed by atoms with Gasteiger partial charge in [-0.05, 0) is 52.3 Å². The molecule has 0 aromatic heterocycles. The first-order chi connectivity index (χ1) is 11.8. The van der Waals surface area contributed by atoms with Gasteiger partial charge in [-0.3, -0.25) is 4.99 Å². The SMILES string of the molecule is C/N=C\N(C(=O)OC(C)(C)C)C(C)OC(C)c1ccc(S(C)(=O)=O)cc1. The van der Waals surface area contributed by atoms with Crippen molar-refractivity contribution in [2.45, 2.75) is 57.4 Å². The summed E-state index contributed by atoms with van der Waals surface area (Å²) in [5, 5.41) is 0. The molecule has 0 N–H and O–H groups in total. The first kappa shape index (κ1) is 22.1. The summed E-state index contributed by atoms with van der Waals surface area (Å²) in [6.45, 7) is 8.88. The number of benzene rings is 1. The Kier molecular flexibility index (Phi) is 7.35. The highest BCUT2D eigenvalue weighted by Gasteiger charge is 2.26. The molecule has 26 heavy (non-hydrogen) atoms. The molecule has 2 unspecified atom stereocenters. The summed E-state index contributed by atoms with van der Waals surface area (Å²) in [5.41, 5.74) is 0.158. The Morgan fingerprint density at radius 2 is 1.73 bits per heavy atom. The summed E-state index contributed by atoms with van der Waals surface area (Å²) in [5.74, 6) is 0. The lowest BCUT2D eigenvalue weighted by Gasteiger charge is -2.30. The number of ether oxygens (including phenoxy) is 2. The van der Waals surface area contributed by atoms with Gasteiger partial charge in [0.1, 0.15) is 11.8 Å². The molecule has 1 aromatic carbocycles. The van der Waals surface area contributed by atoms with Crippen molar-refractivity contribution in [3.63, 3.8) is 0 Å². The van der Waals surface area contributed by atoms with E-state index in [4.69, 9.17) is 9.47 Å². The van der Waals surface area contributed by atoms with Crippen LogP contribution in [0.1, 0.15) is 46.3 Å². The molecule has 8 heteroatoms. The van der Waals surface area contributed by atoms with Gasteiger partial charge >= 0.3 is 6.09 Å². The molecule has 0 spiro atoms.